The molecule has 0 aromatic heterocycles. The zero-order valence-electron chi connectivity index (χ0n) is 31.5. The molecular formula is C46H52O5. The predicted octanol–water partition coefficient (Wildman–Crippen LogP) is 10.2. The average Bonchev–Trinajstić information content (AvgIpc) is 3.02. The van der Waals surface area contributed by atoms with Gasteiger partial charge >= 0.3 is 0 Å². The molecule has 266 valence electrons. The van der Waals surface area contributed by atoms with Gasteiger partial charge in [-0.05, 0) is 89.1 Å². The lowest BCUT2D eigenvalue weighted by Crippen LogP contribution is -2.13. The van der Waals surface area contributed by atoms with Crippen molar-refractivity contribution in [1.82, 2.24) is 0 Å². The highest BCUT2D eigenvalue weighted by atomic mass is 16.3. The molecule has 0 unspecified atom stereocenters. The number of phenolic OH excluding ortho intramolecular Hbond substituents is 5. The average molecular weight is 685 g/mol. The molecule has 1 aliphatic rings. The van der Waals surface area contributed by atoms with Crippen LogP contribution in [0.25, 0.3) is 0 Å². The van der Waals surface area contributed by atoms with Crippen LogP contribution in [-0.4, -0.2) is 25.5 Å². The summed E-state index contributed by atoms with van der Waals surface area (Å²) in [6, 6.07) is 19.8. The third-order valence-electron chi connectivity index (χ3n) is 10.5. The van der Waals surface area contributed by atoms with Crippen molar-refractivity contribution in [3.8, 4) is 28.7 Å². The largest absolute Gasteiger partial charge is 0.507 e. The van der Waals surface area contributed by atoms with E-state index in [-0.39, 0.29) is 46.0 Å². The number of phenols is 5. The van der Waals surface area contributed by atoms with Crippen molar-refractivity contribution in [3.63, 3.8) is 0 Å². The van der Waals surface area contributed by atoms with Crippen LogP contribution in [0.1, 0.15) is 124 Å². The van der Waals surface area contributed by atoms with E-state index in [1.54, 1.807) is 0 Å². The Kier molecular flexibility index (Phi) is 9.39. The number of fused-ring (bicyclic) bond motifs is 10. The van der Waals surface area contributed by atoms with E-state index in [0.717, 1.165) is 38.9 Å². The first kappa shape index (κ1) is 35.9. The summed E-state index contributed by atoms with van der Waals surface area (Å²) in [7, 11) is 0. The van der Waals surface area contributed by atoms with Crippen molar-refractivity contribution < 1.29 is 25.5 Å². The van der Waals surface area contributed by atoms with Crippen LogP contribution in [0, 0.1) is 33.6 Å². The van der Waals surface area contributed by atoms with Crippen molar-refractivity contribution in [2.24, 2.45) is 5.92 Å². The van der Waals surface area contributed by atoms with Crippen LogP contribution in [0.15, 0.2) is 60.7 Å². The van der Waals surface area contributed by atoms with Gasteiger partial charge in [-0.1, -0.05) is 118 Å². The zero-order valence-corrected chi connectivity index (χ0v) is 31.5. The predicted molar refractivity (Wildman–Crippen MR) is 206 cm³/mol. The summed E-state index contributed by atoms with van der Waals surface area (Å²) in [6.07, 6.45) is 1.23. The molecule has 0 saturated heterocycles. The SMILES string of the molecule is Cc1cc2c(O)c(c1)Cc1cc(C)cc(c1O)C(C(C)C)c1cc(C)cc(c1O)Cc1cc(C)cc(c1O)Cc1cc(C(C)(C)C)cc(c1O)C2. The first-order valence-corrected chi connectivity index (χ1v) is 18.0. The Morgan fingerprint density at radius 3 is 0.961 bits per heavy atom. The molecule has 0 heterocycles. The van der Waals surface area contributed by atoms with Gasteiger partial charge < -0.3 is 25.5 Å². The summed E-state index contributed by atoms with van der Waals surface area (Å²) < 4.78 is 0. The standard InChI is InChI=1S/C46H52O5/c1-24(2)40-38-16-27(5)14-33(44(38)50)18-29-10-25(3)12-31(41(29)47)20-35-22-37(46(7,8)9)23-36(43(35)49)21-32-13-26(4)11-30(42(32)48)19-34-15-28(6)17-39(40)45(34)51/h10-17,22-24,40,47-51H,18-21H2,1-9H3. The van der Waals surface area contributed by atoms with E-state index in [1.165, 1.54) is 0 Å². The van der Waals surface area contributed by atoms with Gasteiger partial charge in [0.2, 0.25) is 0 Å². The molecule has 0 aliphatic heterocycles. The molecule has 6 rings (SSSR count). The Bertz CT molecular complexity index is 2020. The van der Waals surface area contributed by atoms with Gasteiger partial charge in [-0.2, -0.15) is 0 Å². The quantitative estimate of drug-likeness (QED) is 0.121. The third-order valence-corrected chi connectivity index (χ3v) is 10.5. The molecule has 10 bridgehead atoms. The number of aromatic hydroxyl groups is 5. The second-order valence-corrected chi connectivity index (χ2v) is 16.4. The molecule has 5 N–H and O–H groups in total. The fourth-order valence-corrected chi connectivity index (χ4v) is 8.09. The van der Waals surface area contributed by atoms with Gasteiger partial charge in [0, 0.05) is 42.7 Å². The van der Waals surface area contributed by atoms with Crippen LogP contribution in [-0.2, 0) is 31.1 Å². The van der Waals surface area contributed by atoms with Gasteiger partial charge in [0.15, 0.2) is 0 Å². The van der Waals surface area contributed by atoms with E-state index in [9.17, 15) is 25.5 Å². The molecule has 0 spiro atoms. The Hall–Kier alpha value is -4.90. The van der Waals surface area contributed by atoms with Crippen LogP contribution < -0.4 is 0 Å². The molecule has 51 heavy (non-hydrogen) atoms. The number of aryl methyl sites for hydroxylation is 4. The first-order valence-electron chi connectivity index (χ1n) is 18.0. The number of hydrogen-bond acceptors (Lipinski definition) is 5. The highest BCUT2D eigenvalue weighted by Gasteiger charge is 2.29. The van der Waals surface area contributed by atoms with E-state index < -0.39 is 0 Å². The second kappa shape index (κ2) is 13.3. The van der Waals surface area contributed by atoms with Crippen molar-refractivity contribution in [3.05, 3.63) is 144 Å². The summed E-state index contributed by atoms with van der Waals surface area (Å²) in [4.78, 5) is 0. The molecule has 0 radical (unpaired) electrons. The molecule has 0 fully saturated rings. The van der Waals surface area contributed by atoms with Gasteiger partial charge in [0.05, 0.1) is 0 Å². The van der Waals surface area contributed by atoms with E-state index in [1.807, 2.05) is 88.4 Å². The Labute approximate surface area is 302 Å². The lowest BCUT2D eigenvalue weighted by atomic mass is 9.78. The van der Waals surface area contributed by atoms with E-state index in [2.05, 4.69) is 34.6 Å². The number of benzene rings is 5. The topological polar surface area (TPSA) is 101 Å². The number of rotatable bonds is 1. The van der Waals surface area contributed by atoms with Gasteiger partial charge in [-0.15, -0.1) is 0 Å². The van der Waals surface area contributed by atoms with Crippen LogP contribution in [0.4, 0.5) is 0 Å². The summed E-state index contributed by atoms with van der Waals surface area (Å²) >= 11 is 0. The highest BCUT2D eigenvalue weighted by molar-refractivity contribution is 5.59. The fraction of sp³-hybridized carbons (Fsp3) is 0.348. The molecular weight excluding hydrogens is 633 g/mol. The Morgan fingerprint density at radius 2 is 0.686 bits per heavy atom. The van der Waals surface area contributed by atoms with Crippen LogP contribution in [0.5, 0.6) is 28.7 Å². The molecule has 5 aromatic carbocycles. The third kappa shape index (κ3) is 7.04. The van der Waals surface area contributed by atoms with Gasteiger partial charge in [0.25, 0.3) is 0 Å². The van der Waals surface area contributed by atoms with E-state index >= 15 is 0 Å². The lowest BCUT2D eigenvalue weighted by molar-refractivity contribution is 0.429. The maximum absolute atomic E-state index is 12.0. The fourth-order valence-electron chi connectivity index (χ4n) is 8.09. The minimum absolute atomic E-state index is 0.0293. The zero-order chi connectivity index (χ0) is 37.1. The first-order chi connectivity index (χ1) is 23.9. The summed E-state index contributed by atoms with van der Waals surface area (Å²) in [6.45, 7) is 18.6. The van der Waals surface area contributed by atoms with Crippen molar-refractivity contribution in [2.45, 2.75) is 99.3 Å². The lowest BCUT2D eigenvalue weighted by Gasteiger charge is -2.27. The molecule has 0 saturated carbocycles. The van der Waals surface area contributed by atoms with Crippen molar-refractivity contribution in [1.29, 1.82) is 0 Å². The Morgan fingerprint density at radius 1 is 0.431 bits per heavy atom. The maximum atomic E-state index is 12.0. The van der Waals surface area contributed by atoms with Crippen molar-refractivity contribution >= 4 is 0 Å². The molecule has 5 aromatic rings. The minimum atomic E-state index is -0.318. The molecule has 0 amide bonds. The highest BCUT2D eigenvalue weighted by Crippen LogP contribution is 2.46. The normalized spacial score (nSPS) is 13.8. The summed E-state index contributed by atoms with van der Waals surface area (Å²) in [5, 5.41) is 59.5. The number of hydrogen-bond donors (Lipinski definition) is 5. The van der Waals surface area contributed by atoms with E-state index in [0.29, 0.717) is 70.2 Å². The van der Waals surface area contributed by atoms with Crippen molar-refractivity contribution in [2.75, 3.05) is 0 Å². The van der Waals surface area contributed by atoms with Crippen LogP contribution >= 0.6 is 0 Å². The van der Waals surface area contributed by atoms with Gasteiger partial charge in [-0.3, -0.25) is 0 Å². The monoisotopic (exact) mass is 684 g/mol. The smallest absolute Gasteiger partial charge is 0.122 e. The van der Waals surface area contributed by atoms with E-state index in [4.69, 9.17) is 0 Å². The summed E-state index contributed by atoms with van der Waals surface area (Å²) in [5.74, 6) is 0.440. The maximum Gasteiger partial charge on any atom is 0.122 e. The molecule has 1 aliphatic carbocycles. The molecule has 5 heteroatoms. The molecule has 0 atom stereocenters. The second-order valence-electron chi connectivity index (χ2n) is 16.4. The van der Waals surface area contributed by atoms with Gasteiger partial charge in [-0.25, -0.2) is 0 Å². The van der Waals surface area contributed by atoms with Crippen LogP contribution in [0.3, 0.4) is 0 Å². The minimum Gasteiger partial charge on any atom is -0.507 e. The van der Waals surface area contributed by atoms with Gasteiger partial charge in [0.1, 0.15) is 28.7 Å². The summed E-state index contributed by atoms with van der Waals surface area (Å²) in [5.41, 5.74) is 11.7. The Balaban J connectivity index is 1.67. The van der Waals surface area contributed by atoms with Crippen LogP contribution in [0.2, 0.25) is 0 Å². The molecule has 5 nitrogen and oxygen atoms in total.